The number of carbonyl (C=O) groups excluding carboxylic acids is 1. The van der Waals surface area contributed by atoms with Crippen LogP contribution in [-0.4, -0.2) is 33.7 Å². The summed E-state index contributed by atoms with van der Waals surface area (Å²) in [6.07, 6.45) is 1.81. The Morgan fingerprint density at radius 2 is 1.89 bits per heavy atom. The maximum atomic E-state index is 12.2. The van der Waals surface area contributed by atoms with Gasteiger partial charge in [-0.05, 0) is 50.1 Å². The lowest BCUT2D eigenvalue weighted by Crippen LogP contribution is -2.31. The number of benzene rings is 2. The Labute approximate surface area is 161 Å². The number of nitrogens with one attached hydrogen (secondary N) is 1. The van der Waals surface area contributed by atoms with Gasteiger partial charge in [-0.15, -0.1) is 0 Å². The summed E-state index contributed by atoms with van der Waals surface area (Å²) in [5.41, 5.74) is 2.25. The van der Waals surface area contributed by atoms with Crippen molar-refractivity contribution in [1.82, 2.24) is 0 Å². The van der Waals surface area contributed by atoms with Crippen LogP contribution in [0.5, 0.6) is 5.75 Å². The highest BCUT2D eigenvalue weighted by atomic mass is 32.2. The van der Waals surface area contributed by atoms with E-state index in [0.29, 0.717) is 30.2 Å². The van der Waals surface area contributed by atoms with Gasteiger partial charge in [0.05, 0.1) is 18.6 Å². The topological polar surface area (TPSA) is 75.7 Å². The third kappa shape index (κ3) is 6.60. The van der Waals surface area contributed by atoms with Crippen molar-refractivity contribution in [3.8, 4) is 5.75 Å². The number of nitrogens with zero attached hydrogens (tertiary/aromatic N) is 1. The van der Waals surface area contributed by atoms with Crippen LogP contribution in [-0.2, 0) is 14.8 Å². The summed E-state index contributed by atoms with van der Waals surface area (Å²) in [7, 11) is -3.42. The quantitative estimate of drug-likeness (QED) is 0.710. The highest BCUT2D eigenvalue weighted by molar-refractivity contribution is 7.92. The van der Waals surface area contributed by atoms with Crippen LogP contribution in [0.3, 0.4) is 0 Å². The Balaban J connectivity index is 1.94. The molecule has 0 spiro atoms. The molecule has 2 aromatic carbocycles. The second-order valence-corrected chi connectivity index (χ2v) is 8.19. The molecule has 0 fully saturated rings. The molecule has 0 unspecified atom stereocenters. The molecule has 0 heterocycles. The molecular formula is C20H26N2O4S. The number of amides is 1. The maximum Gasteiger partial charge on any atom is 0.232 e. The minimum atomic E-state index is -3.42. The number of hydrogen-bond donors (Lipinski definition) is 1. The van der Waals surface area contributed by atoms with Crippen molar-refractivity contribution in [3.05, 3.63) is 54.1 Å². The van der Waals surface area contributed by atoms with Gasteiger partial charge in [0.2, 0.25) is 15.9 Å². The molecule has 7 heteroatoms. The molecule has 0 saturated carbocycles. The van der Waals surface area contributed by atoms with Crippen molar-refractivity contribution in [2.24, 2.45) is 0 Å². The molecule has 0 aromatic heterocycles. The molecule has 2 aromatic rings. The number of anilines is 2. The van der Waals surface area contributed by atoms with E-state index in [4.69, 9.17) is 4.74 Å². The molecule has 0 aliphatic heterocycles. The van der Waals surface area contributed by atoms with E-state index in [1.165, 1.54) is 10.6 Å². The van der Waals surface area contributed by atoms with Crippen LogP contribution in [0.2, 0.25) is 0 Å². The molecule has 27 heavy (non-hydrogen) atoms. The number of hydrogen-bond acceptors (Lipinski definition) is 4. The number of sulfonamides is 1. The van der Waals surface area contributed by atoms with Crippen LogP contribution in [0.1, 0.15) is 25.3 Å². The van der Waals surface area contributed by atoms with Crippen molar-refractivity contribution in [2.45, 2.75) is 26.7 Å². The Bertz CT molecular complexity index is 881. The lowest BCUT2D eigenvalue weighted by atomic mass is 10.2. The monoisotopic (exact) mass is 390 g/mol. The lowest BCUT2D eigenvalue weighted by Gasteiger charge is -2.22. The normalized spacial score (nSPS) is 11.1. The number of rotatable bonds is 9. The fourth-order valence-electron chi connectivity index (χ4n) is 2.71. The van der Waals surface area contributed by atoms with E-state index in [2.05, 4.69) is 5.32 Å². The van der Waals surface area contributed by atoms with Gasteiger partial charge in [0, 0.05) is 24.7 Å². The van der Waals surface area contributed by atoms with E-state index in [9.17, 15) is 13.2 Å². The molecule has 0 atom stereocenters. The first-order valence-corrected chi connectivity index (χ1v) is 10.7. The summed E-state index contributed by atoms with van der Waals surface area (Å²) in [5.74, 6) is 0.527. The lowest BCUT2D eigenvalue weighted by molar-refractivity contribution is -0.116. The van der Waals surface area contributed by atoms with E-state index in [1.54, 1.807) is 18.2 Å². The first-order chi connectivity index (χ1) is 12.8. The average molecular weight is 391 g/mol. The minimum Gasteiger partial charge on any atom is -0.494 e. The summed E-state index contributed by atoms with van der Waals surface area (Å²) in [4.78, 5) is 12.2. The second-order valence-electron chi connectivity index (χ2n) is 6.29. The third-order valence-electron chi connectivity index (χ3n) is 3.88. The zero-order valence-corrected chi connectivity index (χ0v) is 16.8. The van der Waals surface area contributed by atoms with Crippen LogP contribution < -0.4 is 14.4 Å². The molecule has 1 N–H and O–H groups in total. The molecule has 2 rings (SSSR count). The van der Waals surface area contributed by atoms with Gasteiger partial charge in [-0.2, -0.15) is 0 Å². The van der Waals surface area contributed by atoms with Gasteiger partial charge in [0.25, 0.3) is 0 Å². The standard InChI is InChI=1S/C20H26N2O4S/c1-4-26-19-11-6-9-17(15-19)21-20(23)12-7-13-22(27(3,24)25)18-10-5-8-16(2)14-18/h5-6,8-11,14-15H,4,7,12-13H2,1-3H3,(H,21,23). The van der Waals surface area contributed by atoms with Crippen LogP contribution in [0.15, 0.2) is 48.5 Å². The minimum absolute atomic E-state index is 0.165. The molecule has 6 nitrogen and oxygen atoms in total. The molecule has 1 amide bonds. The Hall–Kier alpha value is -2.54. The van der Waals surface area contributed by atoms with Gasteiger partial charge in [-0.1, -0.05) is 18.2 Å². The summed E-state index contributed by atoms with van der Waals surface area (Å²) >= 11 is 0. The van der Waals surface area contributed by atoms with E-state index >= 15 is 0 Å². The van der Waals surface area contributed by atoms with Crippen LogP contribution in [0.25, 0.3) is 0 Å². The van der Waals surface area contributed by atoms with E-state index in [0.717, 1.165) is 5.56 Å². The Morgan fingerprint density at radius 3 is 2.56 bits per heavy atom. The predicted molar refractivity (Wildman–Crippen MR) is 109 cm³/mol. The fraction of sp³-hybridized carbons (Fsp3) is 0.350. The average Bonchev–Trinajstić information content (AvgIpc) is 2.58. The van der Waals surface area contributed by atoms with Gasteiger partial charge in [-0.25, -0.2) is 8.42 Å². The van der Waals surface area contributed by atoms with E-state index in [1.807, 2.05) is 44.2 Å². The molecule has 0 radical (unpaired) electrons. The highest BCUT2D eigenvalue weighted by Crippen LogP contribution is 2.20. The zero-order chi connectivity index (χ0) is 19.9. The van der Waals surface area contributed by atoms with Crippen molar-refractivity contribution in [3.63, 3.8) is 0 Å². The smallest absolute Gasteiger partial charge is 0.232 e. The van der Waals surface area contributed by atoms with Gasteiger partial charge in [0.15, 0.2) is 0 Å². The van der Waals surface area contributed by atoms with Crippen molar-refractivity contribution >= 4 is 27.3 Å². The number of ether oxygens (including phenoxy) is 1. The van der Waals surface area contributed by atoms with Gasteiger partial charge in [0.1, 0.15) is 5.75 Å². The molecule has 146 valence electrons. The van der Waals surface area contributed by atoms with E-state index in [-0.39, 0.29) is 18.9 Å². The molecule has 0 aliphatic carbocycles. The Kier molecular flexibility index (Phi) is 7.24. The SMILES string of the molecule is CCOc1cccc(NC(=O)CCCN(c2cccc(C)c2)S(C)(=O)=O)c1. The van der Waals surface area contributed by atoms with Gasteiger partial charge >= 0.3 is 0 Å². The van der Waals surface area contributed by atoms with Crippen molar-refractivity contribution in [1.29, 1.82) is 0 Å². The van der Waals surface area contributed by atoms with Gasteiger partial charge < -0.3 is 10.1 Å². The molecule has 0 saturated heterocycles. The zero-order valence-electron chi connectivity index (χ0n) is 15.9. The second kappa shape index (κ2) is 9.41. The van der Waals surface area contributed by atoms with Crippen LogP contribution in [0, 0.1) is 6.92 Å². The first-order valence-electron chi connectivity index (χ1n) is 8.86. The largest absolute Gasteiger partial charge is 0.494 e. The fourth-order valence-corrected chi connectivity index (χ4v) is 3.66. The predicted octanol–water partition coefficient (Wildman–Crippen LogP) is 3.58. The number of carbonyl (C=O) groups is 1. The summed E-state index contributed by atoms with van der Waals surface area (Å²) in [6.45, 7) is 4.60. The molecular weight excluding hydrogens is 364 g/mol. The van der Waals surface area contributed by atoms with Crippen molar-refractivity contribution < 1.29 is 17.9 Å². The van der Waals surface area contributed by atoms with Gasteiger partial charge in [-0.3, -0.25) is 9.10 Å². The first kappa shape index (κ1) is 20.8. The summed E-state index contributed by atoms with van der Waals surface area (Å²) < 4.78 is 31.0. The van der Waals surface area contributed by atoms with Crippen LogP contribution >= 0.6 is 0 Å². The highest BCUT2D eigenvalue weighted by Gasteiger charge is 2.17. The van der Waals surface area contributed by atoms with Crippen molar-refractivity contribution in [2.75, 3.05) is 29.0 Å². The summed E-state index contributed by atoms with van der Waals surface area (Å²) in [5, 5.41) is 2.82. The maximum absolute atomic E-state index is 12.2. The number of aryl methyl sites for hydroxylation is 1. The van der Waals surface area contributed by atoms with E-state index < -0.39 is 10.0 Å². The Morgan fingerprint density at radius 1 is 1.15 bits per heavy atom. The third-order valence-corrected chi connectivity index (χ3v) is 5.08. The summed E-state index contributed by atoms with van der Waals surface area (Å²) in [6, 6.07) is 14.5. The van der Waals surface area contributed by atoms with Crippen LogP contribution in [0.4, 0.5) is 11.4 Å². The molecule has 0 bridgehead atoms. The molecule has 0 aliphatic rings.